The van der Waals surface area contributed by atoms with E-state index in [0.29, 0.717) is 0 Å². The number of aryl methyl sites for hydroxylation is 2. The molecule has 17 heavy (non-hydrogen) atoms. The van der Waals surface area contributed by atoms with Gasteiger partial charge in [-0.2, -0.15) is 0 Å². The lowest BCUT2D eigenvalue weighted by Crippen LogP contribution is -2.19. The number of rotatable bonds is 4. The van der Waals surface area contributed by atoms with Gasteiger partial charge in [-0.15, -0.1) is 0 Å². The summed E-state index contributed by atoms with van der Waals surface area (Å²) in [6, 6.07) is 4.14. The summed E-state index contributed by atoms with van der Waals surface area (Å²) >= 11 is 0. The summed E-state index contributed by atoms with van der Waals surface area (Å²) in [5, 5.41) is 3.31. The van der Waals surface area contributed by atoms with Gasteiger partial charge in [0, 0.05) is 12.5 Å². The zero-order valence-electron chi connectivity index (χ0n) is 10.4. The average molecular weight is 231 g/mol. The van der Waals surface area contributed by atoms with Crippen LogP contribution in [0.2, 0.25) is 0 Å². The quantitative estimate of drug-likeness (QED) is 0.879. The second-order valence-corrected chi connectivity index (χ2v) is 4.25. The Labute approximate surface area is 101 Å². The molecule has 0 bridgehead atoms. The highest BCUT2D eigenvalue weighted by molar-refractivity contribution is 5.34. The van der Waals surface area contributed by atoms with Gasteiger partial charge in [0.25, 0.3) is 0 Å². The Morgan fingerprint density at radius 2 is 2.18 bits per heavy atom. The van der Waals surface area contributed by atoms with Gasteiger partial charge in [-0.05, 0) is 32.9 Å². The maximum absolute atomic E-state index is 5.31. The summed E-state index contributed by atoms with van der Waals surface area (Å²) in [6.07, 6.45) is 4.29. The van der Waals surface area contributed by atoms with E-state index in [-0.39, 0.29) is 6.04 Å². The second-order valence-electron chi connectivity index (χ2n) is 4.25. The molecule has 2 aromatic rings. The lowest BCUT2D eigenvalue weighted by atomic mass is 10.2. The van der Waals surface area contributed by atoms with E-state index in [1.54, 1.807) is 12.5 Å². The van der Waals surface area contributed by atoms with Gasteiger partial charge >= 0.3 is 0 Å². The zero-order chi connectivity index (χ0) is 12.3. The van der Waals surface area contributed by atoms with Crippen molar-refractivity contribution in [2.45, 2.75) is 33.2 Å². The van der Waals surface area contributed by atoms with Crippen molar-refractivity contribution >= 4 is 5.82 Å². The molecule has 2 heterocycles. The fraction of sp³-hybridized carbons (Fsp3) is 0.385. The van der Waals surface area contributed by atoms with Crippen molar-refractivity contribution in [1.29, 1.82) is 0 Å². The molecular weight excluding hydrogens is 214 g/mol. The van der Waals surface area contributed by atoms with Crippen LogP contribution in [0.1, 0.15) is 24.1 Å². The molecule has 2 rings (SSSR count). The minimum Gasteiger partial charge on any atom is -0.469 e. The first-order valence-corrected chi connectivity index (χ1v) is 5.74. The van der Waals surface area contributed by atoms with Crippen LogP contribution in [0, 0.1) is 13.8 Å². The molecule has 0 aliphatic heterocycles. The Balaban J connectivity index is 1.98. The zero-order valence-corrected chi connectivity index (χ0v) is 10.4. The van der Waals surface area contributed by atoms with Crippen LogP contribution in [-0.4, -0.2) is 16.0 Å². The standard InChI is InChI=1S/C13H17N3O/c1-9(7-12-5-4-6-17-12)15-13-8-14-10(2)11(3)16-13/h4-6,8-9H,7H2,1-3H3,(H,15,16). The highest BCUT2D eigenvalue weighted by atomic mass is 16.3. The molecule has 4 nitrogen and oxygen atoms in total. The van der Waals surface area contributed by atoms with Gasteiger partial charge < -0.3 is 9.73 Å². The summed E-state index contributed by atoms with van der Waals surface area (Å²) in [6.45, 7) is 6.02. The molecule has 0 saturated carbocycles. The third-order valence-corrected chi connectivity index (χ3v) is 2.67. The van der Waals surface area contributed by atoms with E-state index in [2.05, 4.69) is 22.2 Å². The lowest BCUT2D eigenvalue weighted by molar-refractivity contribution is 0.497. The van der Waals surface area contributed by atoms with Crippen molar-refractivity contribution in [2.24, 2.45) is 0 Å². The topological polar surface area (TPSA) is 51.0 Å². The number of furan rings is 1. The van der Waals surface area contributed by atoms with E-state index in [9.17, 15) is 0 Å². The average Bonchev–Trinajstić information content (AvgIpc) is 2.76. The third kappa shape index (κ3) is 3.06. The summed E-state index contributed by atoms with van der Waals surface area (Å²) < 4.78 is 5.31. The maximum atomic E-state index is 5.31. The Hall–Kier alpha value is -1.84. The van der Waals surface area contributed by atoms with Crippen molar-refractivity contribution in [2.75, 3.05) is 5.32 Å². The fourth-order valence-corrected chi connectivity index (χ4v) is 1.65. The van der Waals surface area contributed by atoms with Gasteiger partial charge in [-0.3, -0.25) is 4.98 Å². The predicted molar refractivity (Wildman–Crippen MR) is 67.0 cm³/mol. The minimum atomic E-state index is 0.262. The molecule has 2 aromatic heterocycles. The molecule has 90 valence electrons. The van der Waals surface area contributed by atoms with Crippen LogP contribution in [0.5, 0.6) is 0 Å². The van der Waals surface area contributed by atoms with Gasteiger partial charge in [-0.25, -0.2) is 4.98 Å². The summed E-state index contributed by atoms with van der Waals surface area (Å²) in [7, 11) is 0. The van der Waals surface area contributed by atoms with Crippen LogP contribution in [0.3, 0.4) is 0 Å². The smallest absolute Gasteiger partial charge is 0.145 e. The molecule has 0 aromatic carbocycles. The van der Waals surface area contributed by atoms with E-state index in [4.69, 9.17) is 4.42 Å². The van der Waals surface area contributed by atoms with Gasteiger partial charge in [-0.1, -0.05) is 0 Å². The van der Waals surface area contributed by atoms with Gasteiger partial charge in [0.15, 0.2) is 0 Å². The first-order chi connectivity index (χ1) is 8.15. The first-order valence-electron chi connectivity index (χ1n) is 5.74. The fourth-order valence-electron chi connectivity index (χ4n) is 1.65. The van der Waals surface area contributed by atoms with E-state index < -0.39 is 0 Å². The van der Waals surface area contributed by atoms with Crippen LogP contribution in [0.4, 0.5) is 5.82 Å². The summed E-state index contributed by atoms with van der Waals surface area (Å²) in [5.41, 5.74) is 1.93. The van der Waals surface area contributed by atoms with Crippen molar-refractivity contribution < 1.29 is 4.42 Å². The van der Waals surface area contributed by atoms with Crippen LogP contribution in [0.25, 0.3) is 0 Å². The first kappa shape index (κ1) is 11.6. The Bertz CT molecular complexity index is 479. The second kappa shape index (κ2) is 4.99. The van der Waals surface area contributed by atoms with E-state index in [1.807, 2.05) is 26.0 Å². The maximum Gasteiger partial charge on any atom is 0.145 e. The van der Waals surface area contributed by atoms with E-state index >= 15 is 0 Å². The number of hydrogen-bond acceptors (Lipinski definition) is 4. The Morgan fingerprint density at radius 1 is 1.35 bits per heavy atom. The number of nitrogens with zero attached hydrogens (tertiary/aromatic N) is 2. The van der Waals surface area contributed by atoms with Gasteiger partial charge in [0.05, 0.1) is 23.8 Å². The Kier molecular flexibility index (Phi) is 3.42. The number of nitrogens with one attached hydrogen (secondary N) is 1. The molecule has 1 N–H and O–H groups in total. The largest absolute Gasteiger partial charge is 0.469 e. The van der Waals surface area contributed by atoms with Crippen LogP contribution in [0.15, 0.2) is 29.0 Å². The highest BCUT2D eigenvalue weighted by Gasteiger charge is 2.07. The van der Waals surface area contributed by atoms with Gasteiger partial charge in [0.2, 0.25) is 0 Å². The lowest BCUT2D eigenvalue weighted by Gasteiger charge is -2.13. The van der Waals surface area contributed by atoms with Crippen LogP contribution < -0.4 is 5.32 Å². The molecule has 0 aliphatic rings. The monoisotopic (exact) mass is 231 g/mol. The number of hydrogen-bond donors (Lipinski definition) is 1. The predicted octanol–water partition coefficient (Wildman–Crippen LogP) is 2.73. The van der Waals surface area contributed by atoms with Crippen LogP contribution >= 0.6 is 0 Å². The minimum absolute atomic E-state index is 0.262. The van der Waals surface area contributed by atoms with Crippen molar-refractivity contribution in [3.05, 3.63) is 41.7 Å². The normalized spacial score (nSPS) is 12.4. The molecule has 0 spiro atoms. The number of anilines is 1. The van der Waals surface area contributed by atoms with Crippen LogP contribution in [-0.2, 0) is 6.42 Å². The molecule has 0 aliphatic carbocycles. The van der Waals surface area contributed by atoms with E-state index in [1.165, 1.54) is 0 Å². The molecular formula is C13H17N3O. The molecule has 1 atom stereocenters. The molecule has 0 amide bonds. The SMILES string of the molecule is Cc1ncc(NC(C)Cc2ccco2)nc1C. The van der Waals surface area contributed by atoms with E-state index in [0.717, 1.165) is 29.4 Å². The molecule has 0 saturated heterocycles. The molecule has 0 fully saturated rings. The Morgan fingerprint density at radius 3 is 2.82 bits per heavy atom. The van der Waals surface area contributed by atoms with Crippen molar-refractivity contribution in [3.63, 3.8) is 0 Å². The molecule has 0 radical (unpaired) electrons. The summed E-state index contributed by atoms with van der Waals surface area (Å²) in [5.74, 6) is 1.79. The molecule has 4 heteroatoms. The van der Waals surface area contributed by atoms with Crippen molar-refractivity contribution in [1.82, 2.24) is 9.97 Å². The van der Waals surface area contributed by atoms with Crippen molar-refractivity contribution in [3.8, 4) is 0 Å². The number of aromatic nitrogens is 2. The highest BCUT2D eigenvalue weighted by Crippen LogP contribution is 2.10. The molecule has 1 unspecified atom stereocenters. The third-order valence-electron chi connectivity index (χ3n) is 2.67. The summed E-state index contributed by atoms with van der Waals surface area (Å²) in [4.78, 5) is 8.72. The van der Waals surface area contributed by atoms with Gasteiger partial charge in [0.1, 0.15) is 11.6 Å².